The van der Waals surface area contributed by atoms with Crippen LogP contribution in [0.4, 0.5) is 0 Å². The normalized spacial score (nSPS) is 12.1. The van der Waals surface area contributed by atoms with Gasteiger partial charge in [-0.25, -0.2) is 4.68 Å². The Balaban J connectivity index is 2.12. The third kappa shape index (κ3) is 3.67. The molecule has 0 aliphatic rings. The fraction of sp³-hybridized carbons (Fsp3) is 0.222. The summed E-state index contributed by atoms with van der Waals surface area (Å²) in [6.45, 7) is 2.08. The van der Waals surface area contributed by atoms with Crippen LogP contribution >= 0.6 is 22.7 Å². The van der Waals surface area contributed by atoms with E-state index >= 15 is 0 Å². The maximum Gasteiger partial charge on any atom is 0.205 e. The van der Waals surface area contributed by atoms with Gasteiger partial charge in [0.15, 0.2) is 0 Å². The minimum absolute atomic E-state index is 0.761. The van der Waals surface area contributed by atoms with Crippen molar-refractivity contribution in [2.45, 2.75) is 6.92 Å². The Kier molecular flexibility index (Phi) is 5.35. The van der Waals surface area contributed by atoms with Crippen LogP contribution in [0.2, 0.25) is 0 Å². The second kappa shape index (κ2) is 7.67. The number of thiazole rings is 1. The van der Waals surface area contributed by atoms with Crippen molar-refractivity contribution in [3.05, 3.63) is 50.3 Å². The minimum atomic E-state index is 0.761. The van der Waals surface area contributed by atoms with Crippen molar-refractivity contribution >= 4 is 28.9 Å². The van der Waals surface area contributed by atoms with Gasteiger partial charge in [0.2, 0.25) is 4.80 Å². The van der Waals surface area contributed by atoms with Gasteiger partial charge in [-0.15, -0.1) is 22.7 Å². The molecule has 0 fully saturated rings. The van der Waals surface area contributed by atoms with Gasteiger partial charge >= 0.3 is 0 Å². The van der Waals surface area contributed by atoms with E-state index in [1.165, 1.54) is 16.2 Å². The van der Waals surface area contributed by atoms with E-state index < -0.39 is 0 Å². The first-order valence-corrected chi connectivity index (χ1v) is 9.32. The molecule has 0 saturated heterocycles. The highest BCUT2D eigenvalue weighted by molar-refractivity contribution is 7.13. The fourth-order valence-corrected chi connectivity index (χ4v) is 3.94. The van der Waals surface area contributed by atoms with Crippen molar-refractivity contribution < 1.29 is 9.47 Å². The second-order valence-electron chi connectivity index (χ2n) is 5.20. The summed E-state index contributed by atoms with van der Waals surface area (Å²) >= 11 is 3.24. The monoisotopic (exact) mass is 373 g/mol. The van der Waals surface area contributed by atoms with Gasteiger partial charge in [0.1, 0.15) is 11.5 Å². The Morgan fingerprint density at radius 1 is 1.12 bits per heavy atom. The van der Waals surface area contributed by atoms with Crippen LogP contribution in [0.15, 0.2) is 45.8 Å². The van der Waals surface area contributed by atoms with Crippen LogP contribution in [-0.4, -0.2) is 32.2 Å². The maximum absolute atomic E-state index is 5.52. The Labute approximate surface area is 154 Å². The first kappa shape index (κ1) is 17.4. The SMILES string of the molecule is CN=c1scc(-c2cc(OC)ccc2OC)n1N=Cc1ccc(C)s1. The topological polar surface area (TPSA) is 48.1 Å². The number of nitrogens with zero attached hydrogens (tertiary/aromatic N) is 3. The van der Waals surface area contributed by atoms with E-state index in [-0.39, 0.29) is 0 Å². The summed E-state index contributed by atoms with van der Waals surface area (Å²) in [4.78, 5) is 7.50. The molecule has 0 spiro atoms. The minimum Gasteiger partial charge on any atom is -0.497 e. The molecule has 0 radical (unpaired) electrons. The first-order valence-electron chi connectivity index (χ1n) is 7.63. The molecule has 0 bridgehead atoms. The third-order valence-electron chi connectivity index (χ3n) is 3.62. The van der Waals surface area contributed by atoms with E-state index in [1.807, 2.05) is 34.5 Å². The molecule has 2 heterocycles. The molecule has 5 nitrogen and oxygen atoms in total. The number of aryl methyl sites for hydroxylation is 1. The molecule has 0 amide bonds. The largest absolute Gasteiger partial charge is 0.497 e. The molecule has 130 valence electrons. The number of hydrogen-bond donors (Lipinski definition) is 0. The lowest BCUT2D eigenvalue weighted by atomic mass is 10.1. The second-order valence-corrected chi connectivity index (χ2v) is 7.35. The molecule has 0 atom stereocenters. The van der Waals surface area contributed by atoms with Gasteiger partial charge in [-0.2, -0.15) is 5.10 Å². The Morgan fingerprint density at radius 3 is 2.60 bits per heavy atom. The summed E-state index contributed by atoms with van der Waals surface area (Å²) in [5.74, 6) is 1.53. The van der Waals surface area contributed by atoms with Crippen LogP contribution in [0.5, 0.6) is 11.5 Å². The van der Waals surface area contributed by atoms with Crippen molar-refractivity contribution in [1.29, 1.82) is 0 Å². The van der Waals surface area contributed by atoms with Gasteiger partial charge in [-0.3, -0.25) is 4.99 Å². The van der Waals surface area contributed by atoms with Crippen LogP contribution in [0, 0.1) is 6.92 Å². The van der Waals surface area contributed by atoms with E-state index in [9.17, 15) is 0 Å². The molecule has 0 aliphatic carbocycles. The van der Waals surface area contributed by atoms with Crippen molar-refractivity contribution in [1.82, 2.24) is 4.68 Å². The number of rotatable bonds is 5. The van der Waals surface area contributed by atoms with Gasteiger partial charge in [0, 0.05) is 27.7 Å². The van der Waals surface area contributed by atoms with Crippen LogP contribution in [0.1, 0.15) is 9.75 Å². The lowest BCUT2D eigenvalue weighted by Crippen LogP contribution is -2.11. The van der Waals surface area contributed by atoms with Gasteiger partial charge in [-0.1, -0.05) is 0 Å². The van der Waals surface area contributed by atoms with Crippen molar-refractivity contribution in [3.63, 3.8) is 0 Å². The summed E-state index contributed by atoms with van der Waals surface area (Å²) in [6.07, 6.45) is 1.86. The van der Waals surface area contributed by atoms with Crippen molar-refractivity contribution in [2.75, 3.05) is 21.3 Å². The zero-order valence-corrected chi connectivity index (χ0v) is 16.1. The first-order chi connectivity index (χ1) is 12.2. The molecular weight excluding hydrogens is 354 g/mol. The highest BCUT2D eigenvalue weighted by atomic mass is 32.1. The highest BCUT2D eigenvalue weighted by Crippen LogP contribution is 2.33. The van der Waals surface area contributed by atoms with Crippen molar-refractivity contribution in [3.8, 4) is 22.8 Å². The summed E-state index contributed by atoms with van der Waals surface area (Å²) in [5.41, 5.74) is 1.82. The summed E-state index contributed by atoms with van der Waals surface area (Å²) in [5, 5.41) is 6.67. The summed E-state index contributed by atoms with van der Waals surface area (Å²) < 4.78 is 12.7. The molecule has 25 heavy (non-hydrogen) atoms. The molecule has 7 heteroatoms. The standard InChI is InChI=1S/C18H19N3O2S2/c1-12-5-7-14(25-12)10-20-21-16(11-24-18(21)19-2)15-9-13(22-3)6-8-17(15)23-4/h5-11H,1-4H3. The molecule has 0 saturated carbocycles. The smallest absolute Gasteiger partial charge is 0.205 e. The van der Waals surface area contributed by atoms with Gasteiger partial charge < -0.3 is 9.47 Å². The average molecular weight is 374 g/mol. The number of benzene rings is 1. The van der Waals surface area contributed by atoms with E-state index in [1.54, 1.807) is 32.6 Å². The third-order valence-corrected chi connectivity index (χ3v) is 5.46. The van der Waals surface area contributed by atoms with Gasteiger partial charge in [0.25, 0.3) is 0 Å². The fourth-order valence-electron chi connectivity index (χ4n) is 2.40. The molecule has 0 N–H and O–H groups in total. The van der Waals surface area contributed by atoms with Crippen LogP contribution in [0.25, 0.3) is 11.3 Å². The molecule has 3 rings (SSSR count). The predicted molar refractivity (Wildman–Crippen MR) is 104 cm³/mol. The average Bonchev–Trinajstić information content (AvgIpc) is 3.24. The Bertz CT molecular complexity index is 967. The number of aromatic nitrogens is 1. The molecular formula is C18H19N3O2S2. The van der Waals surface area contributed by atoms with E-state index in [2.05, 4.69) is 29.2 Å². The maximum atomic E-state index is 5.52. The van der Waals surface area contributed by atoms with Gasteiger partial charge in [-0.05, 0) is 37.3 Å². The lowest BCUT2D eigenvalue weighted by Gasteiger charge is -2.10. The summed E-state index contributed by atoms with van der Waals surface area (Å²) in [6, 6.07) is 9.86. The number of ether oxygens (including phenoxy) is 2. The number of thiophene rings is 1. The lowest BCUT2D eigenvalue weighted by molar-refractivity contribution is 0.404. The van der Waals surface area contributed by atoms with Crippen LogP contribution < -0.4 is 14.3 Å². The van der Waals surface area contributed by atoms with Gasteiger partial charge in [0.05, 0.1) is 26.1 Å². The zero-order valence-electron chi connectivity index (χ0n) is 14.5. The number of hydrogen-bond acceptors (Lipinski definition) is 6. The van der Waals surface area contributed by atoms with Crippen LogP contribution in [0.3, 0.4) is 0 Å². The van der Waals surface area contributed by atoms with E-state index in [0.29, 0.717) is 0 Å². The molecule has 3 aromatic rings. The molecule has 0 unspecified atom stereocenters. The highest BCUT2D eigenvalue weighted by Gasteiger charge is 2.13. The van der Waals surface area contributed by atoms with Crippen molar-refractivity contribution in [2.24, 2.45) is 10.1 Å². The Hall–Kier alpha value is -2.38. The molecule has 1 aromatic carbocycles. The van der Waals surface area contributed by atoms with E-state index in [4.69, 9.17) is 9.47 Å². The van der Waals surface area contributed by atoms with Crippen LogP contribution in [-0.2, 0) is 0 Å². The number of methoxy groups -OCH3 is 2. The molecule has 0 aliphatic heterocycles. The predicted octanol–water partition coefficient (Wildman–Crippen LogP) is 4.02. The van der Waals surface area contributed by atoms with E-state index in [0.717, 1.165) is 32.4 Å². The molecule has 2 aromatic heterocycles. The Morgan fingerprint density at radius 2 is 1.96 bits per heavy atom. The summed E-state index contributed by atoms with van der Waals surface area (Å²) in [7, 11) is 5.07. The quantitative estimate of drug-likeness (QED) is 0.634. The zero-order chi connectivity index (χ0) is 17.8.